The highest BCUT2D eigenvalue weighted by Gasteiger charge is 2.56. The largest absolute Gasteiger partial charge is 0.378 e. The van der Waals surface area contributed by atoms with Crippen molar-refractivity contribution in [3.05, 3.63) is 0 Å². The van der Waals surface area contributed by atoms with Gasteiger partial charge in [0.1, 0.15) is 13.2 Å². The molecule has 0 aliphatic heterocycles. The van der Waals surface area contributed by atoms with Gasteiger partial charge >= 0.3 is 11.8 Å². The van der Waals surface area contributed by atoms with Gasteiger partial charge in [-0.2, -0.15) is 17.6 Å². The molecule has 0 atom stereocenters. The molecule has 0 aliphatic carbocycles. The molecule has 0 rings (SSSR count). The third kappa shape index (κ3) is 3.91. The first-order valence-corrected chi connectivity index (χ1v) is 3.11. The molecule has 0 saturated carbocycles. The molecule has 0 aromatic heterocycles. The van der Waals surface area contributed by atoms with Crippen molar-refractivity contribution in [3.63, 3.8) is 0 Å². The summed E-state index contributed by atoms with van der Waals surface area (Å²) in [6.45, 7) is -2.63. The highest BCUT2D eigenvalue weighted by atomic mass is 19.3. The number of halogens is 4. The van der Waals surface area contributed by atoms with Crippen LogP contribution < -0.4 is 0 Å². The molecule has 13 heavy (non-hydrogen) atoms. The minimum absolute atomic E-state index is 0. The topological polar surface area (TPSA) is 18.5 Å². The SMILES string of the molecule is C.COCC(F)(F)C(F)(F)COC. The maximum absolute atomic E-state index is 12.4. The monoisotopic (exact) mass is 206 g/mol. The molecular weight excluding hydrogens is 192 g/mol. The molecule has 0 radical (unpaired) electrons. The van der Waals surface area contributed by atoms with Crippen molar-refractivity contribution in [2.45, 2.75) is 19.3 Å². The van der Waals surface area contributed by atoms with Crippen LogP contribution in [0.5, 0.6) is 0 Å². The molecule has 0 aliphatic rings. The van der Waals surface area contributed by atoms with Gasteiger partial charge in [0.2, 0.25) is 0 Å². The molecule has 0 N–H and O–H groups in total. The molecule has 0 aromatic rings. The first-order chi connectivity index (χ1) is 5.37. The average Bonchev–Trinajstić information content (AvgIpc) is 1.86. The van der Waals surface area contributed by atoms with E-state index in [0.29, 0.717) is 0 Å². The Labute approximate surface area is 74.8 Å². The maximum Gasteiger partial charge on any atom is 0.335 e. The summed E-state index contributed by atoms with van der Waals surface area (Å²) < 4.78 is 57.6. The summed E-state index contributed by atoms with van der Waals surface area (Å²) in [5.41, 5.74) is 0. The summed E-state index contributed by atoms with van der Waals surface area (Å²) in [6.07, 6.45) is 0. The van der Waals surface area contributed by atoms with Crippen LogP contribution in [0, 0.1) is 0 Å². The summed E-state index contributed by atoms with van der Waals surface area (Å²) in [4.78, 5) is 0. The molecule has 0 spiro atoms. The molecular formula is C7H14F4O2. The van der Waals surface area contributed by atoms with E-state index in [1.807, 2.05) is 0 Å². The number of methoxy groups -OCH3 is 2. The normalized spacial score (nSPS) is 12.5. The number of hydrogen-bond acceptors (Lipinski definition) is 2. The van der Waals surface area contributed by atoms with Gasteiger partial charge in [0.15, 0.2) is 0 Å². The lowest BCUT2D eigenvalue weighted by atomic mass is 10.2. The third-order valence-corrected chi connectivity index (χ3v) is 1.19. The Morgan fingerprint density at radius 2 is 1.08 bits per heavy atom. The zero-order valence-corrected chi connectivity index (χ0v) is 6.74. The Hall–Kier alpha value is -0.360. The second-order valence-corrected chi connectivity index (χ2v) is 2.27. The van der Waals surface area contributed by atoms with Crippen molar-refractivity contribution >= 4 is 0 Å². The van der Waals surface area contributed by atoms with Crippen molar-refractivity contribution in [2.75, 3.05) is 27.4 Å². The molecule has 6 heteroatoms. The molecule has 0 amide bonds. The van der Waals surface area contributed by atoms with Crippen LogP contribution in [0.2, 0.25) is 0 Å². The molecule has 0 unspecified atom stereocenters. The molecule has 0 fully saturated rings. The first kappa shape index (κ1) is 15.1. The summed E-state index contributed by atoms with van der Waals surface area (Å²) >= 11 is 0. The Morgan fingerprint density at radius 3 is 1.23 bits per heavy atom. The van der Waals surface area contributed by atoms with Crippen molar-refractivity contribution in [3.8, 4) is 0 Å². The van der Waals surface area contributed by atoms with Gasteiger partial charge < -0.3 is 9.47 Å². The number of alkyl halides is 4. The van der Waals surface area contributed by atoms with Crippen molar-refractivity contribution in [1.82, 2.24) is 0 Å². The maximum atomic E-state index is 12.4. The summed E-state index contributed by atoms with van der Waals surface area (Å²) in [5.74, 6) is -8.37. The fraction of sp³-hybridized carbons (Fsp3) is 1.00. The van der Waals surface area contributed by atoms with Crippen molar-refractivity contribution in [2.24, 2.45) is 0 Å². The Balaban J connectivity index is 0. The lowest BCUT2D eigenvalue weighted by molar-refractivity contribution is -0.245. The van der Waals surface area contributed by atoms with Gasteiger partial charge in [-0.05, 0) is 0 Å². The molecule has 0 saturated heterocycles. The Kier molecular flexibility index (Phi) is 6.27. The minimum Gasteiger partial charge on any atom is -0.378 e. The molecule has 82 valence electrons. The first-order valence-electron chi connectivity index (χ1n) is 3.11. The second-order valence-electron chi connectivity index (χ2n) is 2.27. The van der Waals surface area contributed by atoms with E-state index in [2.05, 4.69) is 9.47 Å². The molecule has 0 bridgehead atoms. The second kappa shape index (κ2) is 5.39. The number of hydrogen-bond donors (Lipinski definition) is 0. The summed E-state index contributed by atoms with van der Waals surface area (Å²) in [6, 6.07) is 0. The van der Waals surface area contributed by atoms with Gasteiger partial charge in [-0.3, -0.25) is 0 Å². The van der Waals surface area contributed by atoms with Gasteiger partial charge in [-0.15, -0.1) is 0 Å². The van der Waals surface area contributed by atoms with Crippen LogP contribution in [0.4, 0.5) is 17.6 Å². The van der Waals surface area contributed by atoms with E-state index in [-0.39, 0.29) is 7.43 Å². The van der Waals surface area contributed by atoms with Gasteiger partial charge in [-0.25, -0.2) is 0 Å². The highest BCUT2D eigenvalue weighted by molar-refractivity contribution is 4.84. The zero-order valence-electron chi connectivity index (χ0n) is 6.74. The fourth-order valence-electron chi connectivity index (χ4n) is 0.574. The van der Waals surface area contributed by atoms with Crippen LogP contribution in [-0.4, -0.2) is 39.3 Å². The van der Waals surface area contributed by atoms with Crippen LogP contribution in [0.3, 0.4) is 0 Å². The average molecular weight is 206 g/mol. The van der Waals surface area contributed by atoms with E-state index in [0.717, 1.165) is 14.2 Å². The molecule has 2 nitrogen and oxygen atoms in total. The Bertz CT molecular complexity index is 122. The number of ether oxygens (including phenoxy) is 2. The van der Waals surface area contributed by atoms with E-state index in [1.165, 1.54) is 0 Å². The van der Waals surface area contributed by atoms with Gasteiger partial charge in [0, 0.05) is 14.2 Å². The molecule has 0 aromatic carbocycles. The van der Waals surface area contributed by atoms with E-state index in [9.17, 15) is 17.6 Å². The van der Waals surface area contributed by atoms with Gasteiger partial charge in [0.25, 0.3) is 0 Å². The quantitative estimate of drug-likeness (QED) is 0.642. The van der Waals surface area contributed by atoms with Crippen LogP contribution in [0.25, 0.3) is 0 Å². The van der Waals surface area contributed by atoms with Gasteiger partial charge in [0.05, 0.1) is 0 Å². The van der Waals surface area contributed by atoms with Crippen LogP contribution >= 0.6 is 0 Å². The van der Waals surface area contributed by atoms with E-state index in [4.69, 9.17) is 0 Å². The smallest absolute Gasteiger partial charge is 0.335 e. The lowest BCUT2D eigenvalue weighted by Crippen LogP contribution is -2.47. The third-order valence-electron chi connectivity index (χ3n) is 1.19. The standard InChI is InChI=1S/C6H10F4O2.CH4/c1-11-3-5(7,8)6(9,10)4-12-2;/h3-4H2,1-2H3;1H4. The number of rotatable bonds is 5. The molecule has 0 heterocycles. The van der Waals surface area contributed by atoms with Gasteiger partial charge in [-0.1, -0.05) is 7.43 Å². The summed E-state index contributed by atoms with van der Waals surface area (Å²) in [5, 5.41) is 0. The fourth-order valence-corrected chi connectivity index (χ4v) is 0.574. The Morgan fingerprint density at radius 1 is 0.846 bits per heavy atom. The predicted molar refractivity (Wildman–Crippen MR) is 40.4 cm³/mol. The van der Waals surface area contributed by atoms with Crippen LogP contribution in [0.1, 0.15) is 7.43 Å². The van der Waals surface area contributed by atoms with Crippen molar-refractivity contribution < 1.29 is 27.0 Å². The highest BCUT2D eigenvalue weighted by Crippen LogP contribution is 2.34. The minimum atomic E-state index is -4.18. The van der Waals surface area contributed by atoms with E-state index >= 15 is 0 Å². The van der Waals surface area contributed by atoms with E-state index in [1.54, 1.807) is 0 Å². The predicted octanol–water partition coefficient (Wildman–Crippen LogP) is 2.19. The summed E-state index contributed by atoms with van der Waals surface area (Å²) in [7, 11) is 1.85. The lowest BCUT2D eigenvalue weighted by Gasteiger charge is -2.24. The zero-order chi connectivity index (χ0) is 9.83. The van der Waals surface area contributed by atoms with E-state index < -0.39 is 25.1 Å². The van der Waals surface area contributed by atoms with Crippen LogP contribution in [0.15, 0.2) is 0 Å². The van der Waals surface area contributed by atoms with Crippen molar-refractivity contribution in [1.29, 1.82) is 0 Å². The van der Waals surface area contributed by atoms with Crippen LogP contribution in [-0.2, 0) is 9.47 Å².